The summed E-state index contributed by atoms with van der Waals surface area (Å²) in [4.78, 5) is 0. The van der Waals surface area contributed by atoms with Gasteiger partial charge in [-0.2, -0.15) is 0 Å². The molecule has 0 atom stereocenters. The Hall–Kier alpha value is -0.0400. The van der Waals surface area contributed by atoms with Crippen LogP contribution in [0.25, 0.3) is 0 Å². The van der Waals surface area contributed by atoms with E-state index in [4.69, 9.17) is 0 Å². The van der Waals surface area contributed by atoms with Crippen LogP contribution in [-0.4, -0.2) is 30.7 Å². The highest BCUT2D eigenvalue weighted by Gasteiger charge is 2.41. The van der Waals surface area contributed by atoms with Gasteiger partial charge in [-0.1, -0.05) is 13.8 Å². The van der Waals surface area contributed by atoms with Crippen molar-refractivity contribution in [3.63, 3.8) is 0 Å². The number of rotatable bonds is 0. The molecule has 1 heteroatoms. The normalized spacial score (nSPS) is 33.3. The molecule has 0 aliphatic carbocycles. The largest absolute Gasteiger partial charge is 0.323 e. The average Bonchev–Trinajstić information content (AvgIpc) is 1.84. The Bertz CT molecular complexity index is 144. The number of piperidine rings is 1. The van der Waals surface area contributed by atoms with Gasteiger partial charge in [-0.15, -0.1) is 0 Å². The summed E-state index contributed by atoms with van der Waals surface area (Å²) in [5, 5.41) is 0. The van der Waals surface area contributed by atoms with Gasteiger partial charge in [0, 0.05) is 19.3 Å². The maximum Gasteiger partial charge on any atom is 0.0841 e. The Morgan fingerprint density at radius 3 is 1.82 bits per heavy atom. The minimum atomic E-state index is 0.652. The molecular weight excluding hydrogens is 134 g/mol. The summed E-state index contributed by atoms with van der Waals surface area (Å²) in [5.74, 6) is 0. The first kappa shape index (κ1) is 7.60. The van der Waals surface area contributed by atoms with E-state index in [0.29, 0.717) is 5.41 Å². The molecule has 0 N–H and O–H groups in total. The molecule has 0 radical (unpaired) electrons. The Morgan fingerprint density at radius 2 is 1.45 bits per heavy atom. The van der Waals surface area contributed by atoms with Gasteiger partial charge < -0.3 is 4.48 Å². The minimum absolute atomic E-state index is 0.652. The first-order valence-electron chi connectivity index (χ1n) is 4.97. The van der Waals surface area contributed by atoms with E-state index in [9.17, 15) is 0 Å². The lowest BCUT2D eigenvalue weighted by Crippen LogP contribution is -2.62. The van der Waals surface area contributed by atoms with Gasteiger partial charge >= 0.3 is 0 Å². The van der Waals surface area contributed by atoms with E-state index in [1.807, 2.05) is 0 Å². The zero-order valence-electron chi connectivity index (χ0n) is 7.90. The topological polar surface area (TPSA) is 0 Å². The minimum Gasteiger partial charge on any atom is -0.323 e. The van der Waals surface area contributed by atoms with Crippen molar-refractivity contribution in [1.29, 1.82) is 0 Å². The van der Waals surface area contributed by atoms with Crippen LogP contribution < -0.4 is 0 Å². The molecule has 2 rings (SSSR count). The first-order chi connectivity index (χ1) is 5.12. The lowest BCUT2D eigenvalue weighted by atomic mass is 9.80. The summed E-state index contributed by atoms with van der Waals surface area (Å²) in [6, 6.07) is 0. The number of hydrogen-bond acceptors (Lipinski definition) is 0. The maximum atomic E-state index is 2.42. The van der Waals surface area contributed by atoms with Crippen molar-refractivity contribution in [3.05, 3.63) is 0 Å². The molecule has 11 heavy (non-hydrogen) atoms. The maximum absolute atomic E-state index is 2.42. The predicted octanol–water partition coefficient (Wildman–Crippen LogP) is 2.03. The Balaban J connectivity index is 1.94. The standard InChI is InChI=1S/C10H20N/c1-10(2)4-8-11(9-5-10)6-3-7-11/h3-9H2,1-2H3/q+1. The van der Waals surface area contributed by atoms with Crippen LogP contribution in [0.4, 0.5) is 0 Å². The van der Waals surface area contributed by atoms with E-state index in [2.05, 4.69) is 13.8 Å². The summed E-state index contributed by atoms with van der Waals surface area (Å²) in [6.07, 6.45) is 4.39. The van der Waals surface area contributed by atoms with Crippen molar-refractivity contribution < 1.29 is 4.48 Å². The molecule has 2 aliphatic heterocycles. The molecule has 2 heterocycles. The van der Waals surface area contributed by atoms with E-state index in [1.165, 1.54) is 49.9 Å². The first-order valence-corrected chi connectivity index (χ1v) is 4.97. The van der Waals surface area contributed by atoms with Crippen LogP contribution in [0.1, 0.15) is 33.1 Å². The number of hydrogen-bond donors (Lipinski definition) is 0. The van der Waals surface area contributed by atoms with Gasteiger partial charge in [-0.05, 0) is 5.41 Å². The third kappa shape index (κ3) is 1.31. The lowest BCUT2D eigenvalue weighted by Gasteiger charge is -2.51. The summed E-state index contributed by atoms with van der Waals surface area (Å²) < 4.78 is 1.48. The van der Waals surface area contributed by atoms with Crippen molar-refractivity contribution >= 4 is 0 Å². The van der Waals surface area contributed by atoms with Crippen molar-refractivity contribution in [1.82, 2.24) is 0 Å². The van der Waals surface area contributed by atoms with Crippen LogP contribution in [0.5, 0.6) is 0 Å². The van der Waals surface area contributed by atoms with Crippen molar-refractivity contribution in [2.45, 2.75) is 33.1 Å². The third-order valence-electron chi connectivity index (χ3n) is 3.79. The zero-order chi connectivity index (χ0) is 7.95. The molecule has 0 aromatic heterocycles. The van der Waals surface area contributed by atoms with Gasteiger partial charge in [0.15, 0.2) is 0 Å². The molecule has 1 nitrogen and oxygen atoms in total. The van der Waals surface area contributed by atoms with Crippen LogP contribution in [0.15, 0.2) is 0 Å². The molecule has 0 bridgehead atoms. The Labute approximate surface area is 70.0 Å². The second kappa shape index (κ2) is 2.22. The van der Waals surface area contributed by atoms with Gasteiger partial charge in [-0.25, -0.2) is 0 Å². The van der Waals surface area contributed by atoms with Crippen LogP contribution in [0.2, 0.25) is 0 Å². The van der Waals surface area contributed by atoms with E-state index in [1.54, 1.807) is 0 Å². The zero-order valence-corrected chi connectivity index (χ0v) is 7.90. The smallest absolute Gasteiger partial charge is 0.0841 e. The summed E-state index contributed by atoms with van der Waals surface area (Å²) in [5.41, 5.74) is 0.652. The van der Waals surface area contributed by atoms with Gasteiger partial charge in [0.1, 0.15) is 0 Å². The van der Waals surface area contributed by atoms with Gasteiger partial charge in [0.05, 0.1) is 26.2 Å². The molecule has 0 unspecified atom stereocenters. The number of nitrogens with zero attached hydrogens (tertiary/aromatic N) is 1. The highest BCUT2D eigenvalue weighted by Crippen LogP contribution is 2.36. The highest BCUT2D eigenvalue weighted by molar-refractivity contribution is 4.74. The molecule has 0 saturated carbocycles. The third-order valence-corrected chi connectivity index (χ3v) is 3.79. The summed E-state index contributed by atoms with van der Waals surface area (Å²) in [6.45, 7) is 10.7. The van der Waals surface area contributed by atoms with Gasteiger partial charge in [0.2, 0.25) is 0 Å². The van der Waals surface area contributed by atoms with Crippen LogP contribution in [-0.2, 0) is 0 Å². The fraction of sp³-hybridized carbons (Fsp3) is 1.00. The van der Waals surface area contributed by atoms with E-state index >= 15 is 0 Å². The molecule has 0 aromatic rings. The quantitative estimate of drug-likeness (QED) is 0.468. The average molecular weight is 154 g/mol. The fourth-order valence-corrected chi connectivity index (χ4v) is 2.37. The molecule has 0 aromatic carbocycles. The van der Waals surface area contributed by atoms with Crippen molar-refractivity contribution in [2.75, 3.05) is 26.2 Å². The number of quaternary nitrogens is 1. The van der Waals surface area contributed by atoms with Crippen molar-refractivity contribution in [2.24, 2.45) is 5.41 Å². The highest BCUT2D eigenvalue weighted by atomic mass is 15.4. The lowest BCUT2D eigenvalue weighted by molar-refractivity contribution is -0.969. The van der Waals surface area contributed by atoms with Gasteiger partial charge in [0.25, 0.3) is 0 Å². The van der Waals surface area contributed by atoms with Crippen molar-refractivity contribution in [3.8, 4) is 0 Å². The molecule has 64 valence electrons. The second-order valence-corrected chi connectivity index (χ2v) is 5.25. The molecule has 0 amide bonds. The molecule has 1 spiro atoms. The van der Waals surface area contributed by atoms with Gasteiger partial charge in [-0.3, -0.25) is 0 Å². The monoisotopic (exact) mass is 154 g/mol. The Morgan fingerprint density at radius 1 is 0.909 bits per heavy atom. The molecular formula is C10H20N+. The molecule has 2 aliphatic rings. The van der Waals surface area contributed by atoms with Crippen LogP contribution in [0.3, 0.4) is 0 Å². The molecule has 2 saturated heterocycles. The van der Waals surface area contributed by atoms with Crippen LogP contribution in [0, 0.1) is 5.41 Å². The fourth-order valence-electron chi connectivity index (χ4n) is 2.37. The second-order valence-electron chi connectivity index (χ2n) is 5.25. The summed E-state index contributed by atoms with van der Waals surface area (Å²) in [7, 11) is 0. The predicted molar refractivity (Wildman–Crippen MR) is 47.4 cm³/mol. The Kier molecular flexibility index (Phi) is 1.54. The summed E-state index contributed by atoms with van der Waals surface area (Å²) >= 11 is 0. The SMILES string of the molecule is CC1(C)CC[N+]2(CCC2)CC1. The van der Waals surface area contributed by atoms with E-state index in [0.717, 1.165) is 0 Å². The van der Waals surface area contributed by atoms with E-state index < -0.39 is 0 Å². The molecule has 2 fully saturated rings. The van der Waals surface area contributed by atoms with E-state index in [-0.39, 0.29) is 0 Å². The van der Waals surface area contributed by atoms with Crippen LogP contribution >= 0.6 is 0 Å².